The SMILES string of the molecule is Cc1csc(C(=O)O)c1S(=O)(=O)N1CCC[C@H]1CO. The Bertz CT molecular complexity index is 592. The second-order valence-corrected chi connectivity index (χ2v) is 7.18. The van der Waals surface area contributed by atoms with Gasteiger partial charge in [-0.1, -0.05) is 0 Å². The Hall–Kier alpha value is -0.960. The van der Waals surface area contributed by atoms with Gasteiger partial charge >= 0.3 is 5.97 Å². The van der Waals surface area contributed by atoms with Crippen LogP contribution in [-0.2, 0) is 10.0 Å². The van der Waals surface area contributed by atoms with Crippen molar-refractivity contribution in [3.05, 3.63) is 15.8 Å². The molecule has 6 nitrogen and oxygen atoms in total. The van der Waals surface area contributed by atoms with Crippen molar-refractivity contribution in [2.45, 2.75) is 30.7 Å². The van der Waals surface area contributed by atoms with Crippen molar-refractivity contribution < 1.29 is 23.4 Å². The van der Waals surface area contributed by atoms with Gasteiger partial charge in [-0.2, -0.15) is 4.31 Å². The number of aryl methyl sites for hydroxylation is 1. The Kier molecular flexibility index (Phi) is 3.95. The largest absolute Gasteiger partial charge is 0.477 e. The van der Waals surface area contributed by atoms with Crippen LogP contribution in [0.1, 0.15) is 28.1 Å². The molecule has 2 rings (SSSR count). The summed E-state index contributed by atoms with van der Waals surface area (Å²) in [6, 6.07) is -0.453. The second kappa shape index (κ2) is 5.20. The van der Waals surface area contributed by atoms with Gasteiger partial charge in [0.05, 0.1) is 6.61 Å². The fourth-order valence-corrected chi connectivity index (χ4v) is 5.60. The molecule has 1 aliphatic heterocycles. The summed E-state index contributed by atoms with van der Waals surface area (Å²) in [6.07, 6.45) is 1.28. The molecule has 1 atom stereocenters. The van der Waals surface area contributed by atoms with Crippen LogP contribution in [0.15, 0.2) is 10.3 Å². The quantitative estimate of drug-likeness (QED) is 0.862. The summed E-state index contributed by atoms with van der Waals surface area (Å²) in [5, 5.41) is 19.8. The molecular formula is C11H15NO5S2. The van der Waals surface area contributed by atoms with Crippen molar-refractivity contribution in [1.29, 1.82) is 0 Å². The van der Waals surface area contributed by atoms with Gasteiger partial charge in [0.25, 0.3) is 0 Å². The van der Waals surface area contributed by atoms with Crippen LogP contribution in [0.5, 0.6) is 0 Å². The molecule has 1 aliphatic rings. The molecule has 1 aromatic rings. The van der Waals surface area contributed by atoms with Crippen LogP contribution in [0.25, 0.3) is 0 Å². The normalized spacial score (nSPS) is 20.8. The number of hydrogen-bond donors (Lipinski definition) is 2. The van der Waals surface area contributed by atoms with E-state index >= 15 is 0 Å². The summed E-state index contributed by atoms with van der Waals surface area (Å²) in [5.74, 6) is -1.24. The number of carbonyl (C=O) groups is 1. The third-order valence-corrected chi connectivity index (χ3v) is 6.57. The average Bonchev–Trinajstić information content (AvgIpc) is 2.94. The Morgan fingerprint density at radius 1 is 1.58 bits per heavy atom. The van der Waals surface area contributed by atoms with Crippen LogP contribution in [0.2, 0.25) is 0 Å². The Labute approximate surface area is 115 Å². The van der Waals surface area contributed by atoms with Crippen molar-refractivity contribution in [3.63, 3.8) is 0 Å². The molecule has 106 valence electrons. The van der Waals surface area contributed by atoms with E-state index in [0.29, 0.717) is 24.9 Å². The lowest BCUT2D eigenvalue weighted by atomic mass is 10.2. The van der Waals surface area contributed by atoms with Crippen LogP contribution < -0.4 is 0 Å². The number of thiophene rings is 1. The van der Waals surface area contributed by atoms with E-state index in [4.69, 9.17) is 5.11 Å². The molecule has 1 saturated heterocycles. The van der Waals surface area contributed by atoms with Crippen molar-refractivity contribution in [3.8, 4) is 0 Å². The van der Waals surface area contributed by atoms with Crippen LogP contribution in [0, 0.1) is 6.92 Å². The number of carboxylic acids is 1. The van der Waals surface area contributed by atoms with Gasteiger partial charge in [0, 0.05) is 12.6 Å². The number of aliphatic hydroxyl groups is 1. The van der Waals surface area contributed by atoms with Gasteiger partial charge in [0.2, 0.25) is 10.0 Å². The van der Waals surface area contributed by atoms with Crippen LogP contribution in [0.3, 0.4) is 0 Å². The van der Waals surface area contributed by atoms with E-state index in [0.717, 1.165) is 11.3 Å². The van der Waals surface area contributed by atoms with Crippen LogP contribution in [-0.4, -0.2) is 48.1 Å². The molecule has 8 heteroatoms. The van der Waals surface area contributed by atoms with Gasteiger partial charge in [-0.3, -0.25) is 0 Å². The summed E-state index contributed by atoms with van der Waals surface area (Å²) in [6.45, 7) is 1.66. The smallest absolute Gasteiger partial charge is 0.347 e. The van der Waals surface area contributed by atoms with Gasteiger partial charge in [0.15, 0.2) is 0 Å². The van der Waals surface area contributed by atoms with Crippen molar-refractivity contribution in [2.24, 2.45) is 0 Å². The van der Waals surface area contributed by atoms with Crippen LogP contribution in [0.4, 0.5) is 0 Å². The number of nitrogens with zero attached hydrogens (tertiary/aromatic N) is 1. The van der Waals surface area contributed by atoms with Crippen molar-refractivity contribution >= 4 is 27.3 Å². The van der Waals surface area contributed by atoms with E-state index in [-0.39, 0.29) is 16.4 Å². The minimum absolute atomic E-state index is 0.134. The third kappa shape index (κ3) is 2.40. The highest BCUT2D eigenvalue weighted by molar-refractivity contribution is 7.89. The van der Waals surface area contributed by atoms with E-state index in [1.54, 1.807) is 6.92 Å². The number of aromatic carboxylic acids is 1. The zero-order chi connectivity index (χ0) is 14.2. The first-order valence-corrected chi connectivity index (χ1v) is 8.15. The fourth-order valence-electron chi connectivity index (χ4n) is 2.33. The summed E-state index contributed by atoms with van der Waals surface area (Å²) < 4.78 is 26.4. The van der Waals surface area contributed by atoms with Gasteiger partial charge in [-0.15, -0.1) is 11.3 Å². The molecule has 0 saturated carbocycles. The standard InChI is InChI=1S/C11H15NO5S2/c1-7-6-18-9(11(14)15)10(7)19(16,17)12-4-2-3-8(12)5-13/h6,8,13H,2-5H2,1H3,(H,14,15)/t8-/m0/s1. The molecule has 0 aromatic carbocycles. The molecule has 19 heavy (non-hydrogen) atoms. The van der Waals surface area contributed by atoms with E-state index in [9.17, 15) is 18.3 Å². The topological polar surface area (TPSA) is 94.9 Å². The molecule has 0 bridgehead atoms. The summed E-state index contributed by atoms with van der Waals surface area (Å²) in [7, 11) is -3.86. The lowest BCUT2D eigenvalue weighted by Crippen LogP contribution is -2.38. The molecule has 0 spiro atoms. The first kappa shape index (κ1) is 14.4. The second-order valence-electron chi connectivity index (χ2n) is 4.48. The molecule has 0 radical (unpaired) electrons. The lowest BCUT2D eigenvalue weighted by Gasteiger charge is -2.22. The molecule has 2 heterocycles. The molecule has 1 fully saturated rings. The van der Waals surface area contributed by atoms with Gasteiger partial charge in [0.1, 0.15) is 9.77 Å². The maximum Gasteiger partial charge on any atom is 0.347 e. The van der Waals surface area contributed by atoms with Crippen LogP contribution >= 0.6 is 11.3 Å². The monoisotopic (exact) mass is 305 g/mol. The van der Waals surface area contributed by atoms with Gasteiger partial charge in [-0.25, -0.2) is 13.2 Å². The Morgan fingerprint density at radius 3 is 2.84 bits per heavy atom. The van der Waals surface area contributed by atoms with E-state index in [2.05, 4.69) is 0 Å². The summed E-state index contributed by atoms with van der Waals surface area (Å²) in [5.41, 5.74) is 0.436. The number of hydrogen-bond acceptors (Lipinski definition) is 5. The molecule has 2 N–H and O–H groups in total. The summed E-state index contributed by atoms with van der Waals surface area (Å²) in [4.78, 5) is 10.8. The number of carboxylic acid groups (broad SMARTS) is 1. The minimum Gasteiger partial charge on any atom is -0.477 e. The Morgan fingerprint density at radius 2 is 2.26 bits per heavy atom. The van der Waals surface area contributed by atoms with Crippen molar-refractivity contribution in [1.82, 2.24) is 4.31 Å². The number of rotatable bonds is 4. The molecule has 0 amide bonds. The lowest BCUT2D eigenvalue weighted by molar-refractivity contribution is 0.0698. The minimum atomic E-state index is -3.86. The molecule has 0 aliphatic carbocycles. The van der Waals surface area contributed by atoms with E-state index in [1.807, 2.05) is 0 Å². The predicted octanol–water partition coefficient (Wildman–Crippen LogP) is 0.900. The maximum absolute atomic E-state index is 12.6. The first-order chi connectivity index (χ1) is 8.89. The van der Waals surface area contributed by atoms with Gasteiger partial charge in [-0.05, 0) is 30.7 Å². The third-order valence-electron chi connectivity index (χ3n) is 3.21. The molecular weight excluding hydrogens is 290 g/mol. The highest BCUT2D eigenvalue weighted by Gasteiger charge is 2.38. The highest BCUT2D eigenvalue weighted by atomic mass is 32.2. The molecule has 1 aromatic heterocycles. The average molecular weight is 305 g/mol. The van der Waals surface area contributed by atoms with E-state index in [1.165, 1.54) is 9.69 Å². The zero-order valence-corrected chi connectivity index (χ0v) is 12.0. The summed E-state index contributed by atoms with van der Waals surface area (Å²) >= 11 is 0.911. The molecule has 0 unspecified atom stereocenters. The predicted molar refractivity (Wildman–Crippen MR) is 70.0 cm³/mol. The Balaban J connectivity index is 2.51. The highest BCUT2D eigenvalue weighted by Crippen LogP contribution is 2.33. The van der Waals surface area contributed by atoms with Gasteiger partial charge < -0.3 is 10.2 Å². The number of sulfonamides is 1. The fraction of sp³-hybridized carbons (Fsp3) is 0.545. The maximum atomic E-state index is 12.6. The zero-order valence-electron chi connectivity index (χ0n) is 10.4. The first-order valence-electron chi connectivity index (χ1n) is 5.83. The van der Waals surface area contributed by atoms with Crippen molar-refractivity contribution in [2.75, 3.05) is 13.2 Å². The number of aliphatic hydroxyl groups excluding tert-OH is 1. The van der Waals surface area contributed by atoms with E-state index < -0.39 is 22.0 Å².